The Hall–Kier alpha value is -2.07. The zero-order chi connectivity index (χ0) is 18.9. The minimum atomic E-state index is -3.71. The third kappa shape index (κ3) is 3.30. The van der Waals surface area contributed by atoms with E-state index in [1.165, 1.54) is 10.6 Å². The standard InChI is InChI=1S/C16H22FN5O3S/c1-4-13-14(17)16(19-10-18-13)21-6-5-7-22(9-8-21)26(23,24)15-11(2)20-25-12(15)3/h10H,4-9H2,1-3H3. The van der Waals surface area contributed by atoms with E-state index in [0.29, 0.717) is 43.9 Å². The number of rotatable bonds is 4. The highest BCUT2D eigenvalue weighted by atomic mass is 32.2. The van der Waals surface area contributed by atoms with Crippen LogP contribution in [0.5, 0.6) is 0 Å². The lowest BCUT2D eigenvalue weighted by atomic mass is 10.3. The van der Waals surface area contributed by atoms with Crippen LogP contribution in [0.25, 0.3) is 0 Å². The molecule has 1 aliphatic rings. The Bertz CT molecular complexity index is 880. The molecule has 0 saturated carbocycles. The molecule has 0 N–H and O–H groups in total. The maximum absolute atomic E-state index is 14.5. The van der Waals surface area contributed by atoms with Crippen LogP contribution in [-0.2, 0) is 16.4 Å². The molecule has 0 amide bonds. The highest BCUT2D eigenvalue weighted by Crippen LogP contribution is 2.26. The van der Waals surface area contributed by atoms with E-state index in [1.54, 1.807) is 18.7 Å². The van der Waals surface area contributed by atoms with Gasteiger partial charge in [0.2, 0.25) is 10.0 Å². The lowest BCUT2D eigenvalue weighted by molar-refractivity contribution is 0.389. The molecule has 26 heavy (non-hydrogen) atoms. The molecule has 10 heteroatoms. The Labute approximate surface area is 152 Å². The molecule has 0 bridgehead atoms. The van der Waals surface area contributed by atoms with Gasteiger partial charge in [-0.05, 0) is 26.7 Å². The van der Waals surface area contributed by atoms with Gasteiger partial charge in [0.05, 0.1) is 5.69 Å². The Morgan fingerprint density at radius 3 is 2.62 bits per heavy atom. The number of aryl methyl sites for hydroxylation is 3. The molecule has 0 spiro atoms. The first-order valence-electron chi connectivity index (χ1n) is 8.53. The highest BCUT2D eigenvalue weighted by Gasteiger charge is 2.32. The Balaban J connectivity index is 1.83. The number of nitrogens with zero attached hydrogens (tertiary/aromatic N) is 5. The third-order valence-electron chi connectivity index (χ3n) is 4.50. The maximum atomic E-state index is 14.5. The van der Waals surface area contributed by atoms with Gasteiger partial charge in [0, 0.05) is 26.2 Å². The summed E-state index contributed by atoms with van der Waals surface area (Å²) < 4.78 is 46.9. The minimum Gasteiger partial charge on any atom is -0.360 e. The first-order valence-corrected chi connectivity index (χ1v) is 9.97. The van der Waals surface area contributed by atoms with Crippen LogP contribution in [0.1, 0.15) is 30.5 Å². The van der Waals surface area contributed by atoms with Gasteiger partial charge < -0.3 is 9.42 Å². The third-order valence-corrected chi connectivity index (χ3v) is 6.64. The summed E-state index contributed by atoms with van der Waals surface area (Å²) in [7, 11) is -3.71. The van der Waals surface area contributed by atoms with Crippen molar-refractivity contribution in [3.05, 3.63) is 29.3 Å². The van der Waals surface area contributed by atoms with Crippen LogP contribution in [0, 0.1) is 19.7 Å². The van der Waals surface area contributed by atoms with Crippen LogP contribution in [0.3, 0.4) is 0 Å². The average molecular weight is 383 g/mol. The zero-order valence-corrected chi connectivity index (χ0v) is 15.9. The Morgan fingerprint density at radius 1 is 1.19 bits per heavy atom. The van der Waals surface area contributed by atoms with Crippen molar-refractivity contribution >= 4 is 15.8 Å². The van der Waals surface area contributed by atoms with E-state index < -0.39 is 15.8 Å². The molecule has 1 fully saturated rings. The second-order valence-corrected chi connectivity index (χ2v) is 8.08. The van der Waals surface area contributed by atoms with Crippen LogP contribution in [-0.4, -0.2) is 54.0 Å². The minimum absolute atomic E-state index is 0.118. The van der Waals surface area contributed by atoms with Crippen molar-refractivity contribution in [3.63, 3.8) is 0 Å². The largest absolute Gasteiger partial charge is 0.360 e. The molecule has 1 saturated heterocycles. The van der Waals surface area contributed by atoms with Gasteiger partial charge in [0.15, 0.2) is 17.4 Å². The van der Waals surface area contributed by atoms with Crippen LogP contribution in [0.15, 0.2) is 15.7 Å². The quantitative estimate of drug-likeness (QED) is 0.793. The van der Waals surface area contributed by atoms with Gasteiger partial charge >= 0.3 is 0 Å². The van der Waals surface area contributed by atoms with E-state index in [1.807, 2.05) is 6.92 Å². The summed E-state index contributed by atoms with van der Waals surface area (Å²) in [6.07, 6.45) is 2.38. The van der Waals surface area contributed by atoms with Gasteiger partial charge in [-0.15, -0.1) is 0 Å². The molecule has 2 aromatic rings. The molecule has 3 heterocycles. The smallest absolute Gasteiger partial charge is 0.248 e. The number of anilines is 1. The summed E-state index contributed by atoms with van der Waals surface area (Å²) >= 11 is 0. The summed E-state index contributed by atoms with van der Waals surface area (Å²) in [5, 5.41) is 3.74. The number of halogens is 1. The predicted octanol–water partition coefficient (Wildman–Crippen LogP) is 1.68. The molecule has 0 atom stereocenters. The van der Waals surface area contributed by atoms with Crippen LogP contribution in [0.2, 0.25) is 0 Å². The second kappa shape index (κ2) is 7.28. The Morgan fingerprint density at radius 2 is 1.96 bits per heavy atom. The van der Waals surface area contributed by atoms with Crippen molar-refractivity contribution in [2.24, 2.45) is 0 Å². The van der Waals surface area contributed by atoms with E-state index in [9.17, 15) is 12.8 Å². The fraction of sp³-hybridized carbons (Fsp3) is 0.562. The van der Waals surface area contributed by atoms with Gasteiger partial charge in [0.25, 0.3) is 0 Å². The molecule has 0 radical (unpaired) electrons. The number of hydrogen-bond acceptors (Lipinski definition) is 7. The van der Waals surface area contributed by atoms with Gasteiger partial charge in [-0.2, -0.15) is 4.31 Å². The van der Waals surface area contributed by atoms with Crippen molar-refractivity contribution in [1.82, 2.24) is 19.4 Å². The molecule has 142 valence electrons. The summed E-state index contributed by atoms with van der Waals surface area (Å²) in [5.41, 5.74) is 0.706. The van der Waals surface area contributed by atoms with Crippen molar-refractivity contribution in [2.75, 3.05) is 31.1 Å². The summed E-state index contributed by atoms with van der Waals surface area (Å²) in [4.78, 5) is 9.91. The van der Waals surface area contributed by atoms with Gasteiger partial charge in [0.1, 0.15) is 16.9 Å². The molecule has 0 aliphatic carbocycles. The average Bonchev–Trinajstić information content (AvgIpc) is 2.82. The van der Waals surface area contributed by atoms with Crippen LogP contribution in [0.4, 0.5) is 10.2 Å². The summed E-state index contributed by atoms with van der Waals surface area (Å²) in [5.74, 6) is 0.0727. The Kier molecular flexibility index (Phi) is 5.24. The molecule has 8 nitrogen and oxygen atoms in total. The van der Waals surface area contributed by atoms with Crippen LogP contribution >= 0.6 is 0 Å². The lowest BCUT2D eigenvalue weighted by Crippen LogP contribution is -2.36. The zero-order valence-electron chi connectivity index (χ0n) is 15.1. The van der Waals surface area contributed by atoms with E-state index in [4.69, 9.17) is 4.52 Å². The first-order chi connectivity index (χ1) is 12.4. The van der Waals surface area contributed by atoms with Crippen molar-refractivity contribution in [1.29, 1.82) is 0 Å². The summed E-state index contributed by atoms with van der Waals surface area (Å²) in [6.45, 7) is 6.46. The fourth-order valence-corrected chi connectivity index (χ4v) is 4.94. The van der Waals surface area contributed by atoms with E-state index >= 15 is 0 Å². The number of aromatic nitrogens is 3. The normalized spacial score (nSPS) is 16.7. The van der Waals surface area contributed by atoms with Crippen LogP contribution < -0.4 is 4.90 Å². The SMILES string of the molecule is CCc1ncnc(N2CCCN(S(=O)(=O)c3c(C)noc3C)CC2)c1F. The fourth-order valence-electron chi connectivity index (χ4n) is 3.18. The van der Waals surface area contributed by atoms with Gasteiger partial charge in [-0.3, -0.25) is 0 Å². The van der Waals surface area contributed by atoms with Crippen molar-refractivity contribution < 1.29 is 17.3 Å². The number of hydrogen-bond donors (Lipinski definition) is 0. The molecule has 0 unspecified atom stereocenters. The summed E-state index contributed by atoms with van der Waals surface area (Å²) in [6, 6.07) is 0. The van der Waals surface area contributed by atoms with E-state index in [2.05, 4.69) is 15.1 Å². The molecule has 3 rings (SSSR count). The highest BCUT2D eigenvalue weighted by molar-refractivity contribution is 7.89. The maximum Gasteiger partial charge on any atom is 0.248 e. The molecule has 0 aromatic carbocycles. The van der Waals surface area contributed by atoms with Gasteiger partial charge in [-0.25, -0.2) is 22.8 Å². The van der Waals surface area contributed by atoms with E-state index in [-0.39, 0.29) is 23.0 Å². The number of sulfonamides is 1. The van der Waals surface area contributed by atoms with Crippen molar-refractivity contribution in [2.45, 2.75) is 38.5 Å². The predicted molar refractivity (Wildman–Crippen MR) is 92.9 cm³/mol. The molecule has 1 aliphatic heterocycles. The molecular weight excluding hydrogens is 361 g/mol. The molecule has 2 aromatic heterocycles. The van der Waals surface area contributed by atoms with Crippen molar-refractivity contribution in [3.8, 4) is 0 Å². The van der Waals surface area contributed by atoms with Gasteiger partial charge in [-0.1, -0.05) is 12.1 Å². The first kappa shape index (κ1) is 18.7. The monoisotopic (exact) mass is 383 g/mol. The lowest BCUT2D eigenvalue weighted by Gasteiger charge is -2.23. The second-order valence-electron chi connectivity index (χ2n) is 6.21. The molecular formula is C16H22FN5O3S. The topological polar surface area (TPSA) is 92.4 Å². The van der Waals surface area contributed by atoms with E-state index in [0.717, 1.165) is 0 Å².